The van der Waals surface area contributed by atoms with Gasteiger partial charge in [-0.25, -0.2) is 9.97 Å². The second kappa shape index (κ2) is 7.03. The highest BCUT2D eigenvalue weighted by molar-refractivity contribution is 5.93. The first-order valence-electron chi connectivity index (χ1n) is 8.69. The first-order valence-corrected chi connectivity index (χ1v) is 8.69. The average Bonchev–Trinajstić information content (AvgIpc) is 3.25. The lowest BCUT2D eigenvalue weighted by molar-refractivity contribution is 0.0905. The Morgan fingerprint density at radius 2 is 2.00 bits per heavy atom. The molecule has 0 unspecified atom stereocenters. The summed E-state index contributed by atoms with van der Waals surface area (Å²) in [6, 6.07) is 13.4. The monoisotopic (exact) mass is 361 g/mol. The molecule has 0 aliphatic heterocycles. The molecule has 27 heavy (non-hydrogen) atoms. The largest absolute Gasteiger partial charge is 0.436 e. The lowest BCUT2D eigenvalue weighted by Gasteiger charge is -2.17. The number of rotatable bonds is 5. The summed E-state index contributed by atoms with van der Waals surface area (Å²) in [4.78, 5) is 21.3. The Labute approximate surface area is 155 Å². The number of nitrogens with zero attached hydrogens (tertiary/aromatic N) is 3. The maximum absolute atomic E-state index is 12.8. The number of fused-ring (bicyclic) bond motifs is 1. The van der Waals surface area contributed by atoms with E-state index in [0.717, 1.165) is 16.6 Å². The van der Waals surface area contributed by atoms with E-state index in [9.17, 15) is 4.79 Å². The molecule has 4 rings (SSSR count). The Morgan fingerprint density at radius 3 is 2.74 bits per heavy atom. The van der Waals surface area contributed by atoms with Gasteiger partial charge in [-0.05, 0) is 31.0 Å². The van der Waals surface area contributed by atoms with Crippen molar-refractivity contribution < 1.29 is 9.21 Å². The topological polar surface area (TPSA) is 96.7 Å². The third-order valence-corrected chi connectivity index (χ3v) is 4.41. The number of carbonyl (C=O) groups is 1. The molecule has 0 aliphatic rings. The zero-order valence-electron chi connectivity index (χ0n) is 15.1. The van der Waals surface area contributed by atoms with Crippen LogP contribution < -0.4 is 5.32 Å². The fourth-order valence-corrected chi connectivity index (χ4v) is 3.18. The Kier molecular flexibility index (Phi) is 4.42. The van der Waals surface area contributed by atoms with Gasteiger partial charge < -0.3 is 9.73 Å². The van der Waals surface area contributed by atoms with Crippen molar-refractivity contribution in [1.29, 1.82) is 0 Å². The lowest BCUT2D eigenvalue weighted by atomic mass is 10.0. The molecule has 0 radical (unpaired) electrons. The zero-order chi connectivity index (χ0) is 18.8. The summed E-state index contributed by atoms with van der Waals surface area (Å²) in [6.45, 7) is 3.48. The maximum atomic E-state index is 12.8. The van der Waals surface area contributed by atoms with Gasteiger partial charge in [0, 0.05) is 18.5 Å². The van der Waals surface area contributed by atoms with E-state index >= 15 is 0 Å². The quantitative estimate of drug-likeness (QED) is 0.569. The molecular weight excluding hydrogens is 342 g/mol. The van der Waals surface area contributed by atoms with E-state index in [0.29, 0.717) is 23.7 Å². The van der Waals surface area contributed by atoms with Gasteiger partial charge in [-0.3, -0.25) is 9.89 Å². The number of carbonyl (C=O) groups excluding carboxylic acids is 1. The summed E-state index contributed by atoms with van der Waals surface area (Å²) in [5.74, 6) is 0.390. The molecule has 0 saturated heterocycles. The molecule has 0 bridgehead atoms. The van der Waals surface area contributed by atoms with Gasteiger partial charge in [-0.2, -0.15) is 5.10 Å². The minimum atomic E-state index is -0.320. The molecule has 0 saturated carbocycles. The number of aromatic nitrogens is 4. The SMILES string of the molecule is Cc1nc(C)c(C(=O)N[C@H](Cc2ccccc2)c2[nH]nc3ncccc23)o1. The van der Waals surface area contributed by atoms with Crippen LogP contribution in [0.1, 0.15) is 39.4 Å². The number of oxazole rings is 1. The van der Waals surface area contributed by atoms with Crippen LogP contribution in [-0.4, -0.2) is 26.1 Å². The van der Waals surface area contributed by atoms with Crippen molar-refractivity contribution in [3.8, 4) is 0 Å². The molecule has 7 heteroatoms. The Balaban J connectivity index is 1.69. The molecule has 1 amide bonds. The van der Waals surface area contributed by atoms with Crippen molar-refractivity contribution in [2.75, 3.05) is 0 Å². The summed E-state index contributed by atoms with van der Waals surface area (Å²) < 4.78 is 5.47. The van der Waals surface area contributed by atoms with Gasteiger partial charge in [0.25, 0.3) is 5.91 Å². The van der Waals surface area contributed by atoms with Crippen LogP contribution >= 0.6 is 0 Å². The second-order valence-corrected chi connectivity index (χ2v) is 6.38. The third-order valence-electron chi connectivity index (χ3n) is 4.41. The van der Waals surface area contributed by atoms with Gasteiger partial charge in [0.05, 0.1) is 17.4 Å². The molecule has 7 nitrogen and oxygen atoms in total. The highest BCUT2D eigenvalue weighted by Gasteiger charge is 2.24. The van der Waals surface area contributed by atoms with Crippen molar-refractivity contribution in [1.82, 2.24) is 25.5 Å². The van der Waals surface area contributed by atoms with Crippen molar-refractivity contribution in [2.24, 2.45) is 0 Å². The number of amides is 1. The van der Waals surface area contributed by atoms with Crippen molar-refractivity contribution >= 4 is 16.9 Å². The molecule has 136 valence electrons. The first-order chi connectivity index (χ1) is 13.1. The van der Waals surface area contributed by atoms with Crippen LogP contribution in [-0.2, 0) is 6.42 Å². The van der Waals surface area contributed by atoms with Crippen LogP contribution in [0.25, 0.3) is 11.0 Å². The van der Waals surface area contributed by atoms with Gasteiger partial charge in [0.15, 0.2) is 11.5 Å². The van der Waals surface area contributed by atoms with Gasteiger partial charge in [-0.15, -0.1) is 0 Å². The average molecular weight is 361 g/mol. The minimum absolute atomic E-state index is 0.229. The second-order valence-electron chi connectivity index (χ2n) is 6.38. The van der Waals surface area contributed by atoms with E-state index in [1.54, 1.807) is 20.0 Å². The van der Waals surface area contributed by atoms with E-state index in [2.05, 4.69) is 25.5 Å². The van der Waals surface area contributed by atoms with E-state index in [1.165, 1.54) is 0 Å². The Morgan fingerprint density at radius 1 is 1.19 bits per heavy atom. The van der Waals surface area contributed by atoms with E-state index < -0.39 is 0 Å². The number of aryl methyl sites for hydroxylation is 2. The molecule has 1 aromatic carbocycles. The predicted molar refractivity (Wildman–Crippen MR) is 100 cm³/mol. The number of nitrogens with one attached hydrogen (secondary N) is 2. The van der Waals surface area contributed by atoms with Crippen LogP contribution in [0, 0.1) is 13.8 Å². The smallest absolute Gasteiger partial charge is 0.289 e. The maximum Gasteiger partial charge on any atom is 0.289 e. The fourth-order valence-electron chi connectivity index (χ4n) is 3.18. The molecule has 3 aromatic heterocycles. The summed E-state index contributed by atoms with van der Waals surface area (Å²) in [7, 11) is 0. The molecule has 0 aliphatic carbocycles. The standard InChI is InChI=1S/C20H19N5O2/c1-12-18(27-13(2)22-12)20(26)23-16(11-14-7-4-3-5-8-14)17-15-9-6-10-21-19(15)25-24-17/h3-10,16H,11H2,1-2H3,(H,23,26)(H,21,24,25)/t16-/m1/s1. The minimum Gasteiger partial charge on any atom is -0.436 e. The van der Waals surface area contributed by atoms with Crippen molar-refractivity contribution in [3.05, 3.63) is 77.3 Å². The van der Waals surface area contributed by atoms with E-state index in [1.807, 2.05) is 42.5 Å². The third kappa shape index (κ3) is 3.44. The summed E-state index contributed by atoms with van der Waals surface area (Å²) in [6.07, 6.45) is 2.29. The highest BCUT2D eigenvalue weighted by atomic mass is 16.4. The fraction of sp³-hybridized carbons (Fsp3) is 0.200. The Bertz CT molecular complexity index is 1080. The number of H-pyrrole nitrogens is 1. The van der Waals surface area contributed by atoms with Crippen LogP contribution in [0.3, 0.4) is 0 Å². The normalized spacial score (nSPS) is 12.2. The molecule has 1 atom stereocenters. The van der Waals surface area contributed by atoms with Gasteiger partial charge in [0.2, 0.25) is 5.76 Å². The first kappa shape index (κ1) is 17.0. The number of pyridine rings is 1. The molecule has 0 fully saturated rings. The summed E-state index contributed by atoms with van der Waals surface area (Å²) >= 11 is 0. The predicted octanol–water partition coefficient (Wildman–Crippen LogP) is 3.28. The van der Waals surface area contributed by atoms with Gasteiger partial charge in [-0.1, -0.05) is 30.3 Å². The highest BCUT2D eigenvalue weighted by Crippen LogP contribution is 2.24. The van der Waals surface area contributed by atoms with E-state index in [-0.39, 0.29) is 17.7 Å². The molecule has 2 N–H and O–H groups in total. The number of aromatic amines is 1. The van der Waals surface area contributed by atoms with Crippen molar-refractivity contribution in [2.45, 2.75) is 26.3 Å². The van der Waals surface area contributed by atoms with Gasteiger partial charge in [0.1, 0.15) is 0 Å². The number of benzene rings is 1. The van der Waals surface area contributed by atoms with E-state index in [4.69, 9.17) is 4.42 Å². The van der Waals surface area contributed by atoms with Crippen LogP contribution in [0.5, 0.6) is 0 Å². The Hall–Kier alpha value is -3.48. The van der Waals surface area contributed by atoms with Crippen LogP contribution in [0.2, 0.25) is 0 Å². The number of hydrogen-bond donors (Lipinski definition) is 2. The van der Waals surface area contributed by atoms with Gasteiger partial charge >= 0.3 is 0 Å². The number of hydrogen-bond acceptors (Lipinski definition) is 5. The molecule has 4 aromatic rings. The molecule has 0 spiro atoms. The molecule has 3 heterocycles. The van der Waals surface area contributed by atoms with Crippen LogP contribution in [0.15, 0.2) is 53.1 Å². The summed E-state index contributed by atoms with van der Waals surface area (Å²) in [5, 5.41) is 11.2. The zero-order valence-corrected chi connectivity index (χ0v) is 15.1. The van der Waals surface area contributed by atoms with Crippen molar-refractivity contribution in [3.63, 3.8) is 0 Å². The lowest BCUT2D eigenvalue weighted by Crippen LogP contribution is -2.30. The molecular formula is C20H19N5O2. The summed E-state index contributed by atoms with van der Waals surface area (Å²) in [5.41, 5.74) is 3.09. The van der Waals surface area contributed by atoms with Crippen LogP contribution in [0.4, 0.5) is 0 Å².